The summed E-state index contributed by atoms with van der Waals surface area (Å²) in [6.45, 7) is 0.315. The molecule has 9 nitrogen and oxygen atoms in total. The third-order valence-electron chi connectivity index (χ3n) is 9.13. The van der Waals surface area contributed by atoms with E-state index in [-0.39, 0.29) is 18.4 Å². The van der Waals surface area contributed by atoms with E-state index in [0.29, 0.717) is 43.0 Å². The third-order valence-corrected chi connectivity index (χ3v) is 9.13. The van der Waals surface area contributed by atoms with Gasteiger partial charge in [-0.2, -0.15) is 0 Å². The number of ether oxygens (including phenoxy) is 1. The number of nitrogens with zero attached hydrogens (tertiary/aromatic N) is 3. The number of benzene rings is 1. The molecule has 3 fully saturated rings. The number of amides is 3. The topological polar surface area (TPSA) is 113 Å². The molecule has 0 bridgehead atoms. The second-order valence-electron chi connectivity index (χ2n) is 11.7. The maximum atomic E-state index is 14.0. The largest absolute Gasteiger partial charge is 0.440 e. The fourth-order valence-electron chi connectivity index (χ4n) is 6.98. The molecule has 2 N–H and O–H groups in total. The lowest BCUT2D eigenvalue weighted by Crippen LogP contribution is -2.54. The van der Waals surface area contributed by atoms with Gasteiger partial charge in [0.2, 0.25) is 5.91 Å². The normalized spacial score (nSPS) is 25.5. The van der Waals surface area contributed by atoms with Crippen molar-refractivity contribution in [1.29, 1.82) is 0 Å². The average Bonchev–Trinajstić information content (AvgIpc) is 3.43. The highest BCUT2D eigenvalue weighted by molar-refractivity contribution is 6.40. The maximum absolute atomic E-state index is 14.0. The predicted octanol–water partition coefficient (Wildman–Crippen LogP) is 3.83. The standard InChI is InChI=1S/C30H42N4O5/c31-34-24-15-8-7-12-22(24)20-25(30(38)39-27-16-9-19-32(27)28(36)29(34)37)33(23-13-5-2-6-14-23)26(35)18-17-21-10-3-1-4-11-21/h7-8,12,15,21,23,25,27H,1-6,9-11,13-14,16-20,31H2. The Kier molecular flexibility index (Phi) is 8.85. The minimum atomic E-state index is -0.864. The Bertz CT molecular complexity index is 1070. The van der Waals surface area contributed by atoms with Gasteiger partial charge in [-0.05, 0) is 43.2 Å². The Morgan fingerprint density at radius 1 is 0.897 bits per heavy atom. The number of nitrogens with two attached hydrogens (primary N) is 1. The van der Waals surface area contributed by atoms with Crippen LogP contribution in [0.1, 0.15) is 95.5 Å². The van der Waals surface area contributed by atoms with E-state index in [1.807, 2.05) is 11.0 Å². The van der Waals surface area contributed by atoms with E-state index in [0.717, 1.165) is 43.5 Å². The highest BCUT2D eigenvalue weighted by atomic mass is 16.6. The van der Waals surface area contributed by atoms with Gasteiger partial charge < -0.3 is 9.64 Å². The van der Waals surface area contributed by atoms with Crippen molar-refractivity contribution in [2.75, 3.05) is 11.6 Å². The van der Waals surface area contributed by atoms with Crippen molar-refractivity contribution in [2.24, 2.45) is 11.8 Å². The van der Waals surface area contributed by atoms with Crippen LogP contribution in [-0.2, 0) is 30.3 Å². The number of para-hydroxylation sites is 1. The Labute approximate surface area is 231 Å². The van der Waals surface area contributed by atoms with Crippen molar-refractivity contribution in [1.82, 2.24) is 9.80 Å². The van der Waals surface area contributed by atoms with Crippen LogP contribution in [-0.4, -0.2) is 58.3 Å². The van der Waals surface area contributed by atoms with Gasteiger partial charge in [0.15, 0.2) is 6.23 Å². The van der Waals surface area contributed by atoms with E-state index in [1.165, 1.54) is 37.0 Å². The molecule has 2 heterocycles. The SMILES string of the molecule is NN1C(=O)C(=O)N2CCCC2OC(=O)C(N(C(=O)CCC2CCCCC2)C2CCCCC2)Cc2ccccc21. The van der Waals surface area contributed by atoms with Crippen LogP contribution in [0.2, 0.25) is 0 Å². The summed E-state index contributed by atoms with van der Waals surface area (Å²) in [5.41, 5.74) is 0.996. The molecule has 9 heteroatoms. The van der Waals surface area contributed by atoms with Gasteiger partial charge in [0.05, 0.1) is 5.69 Å². The smallest absolute Gasteiger partial charge is 0.331 e. The monoisotopic (exact) mass is 538 g/mol. The van der Waals surface area contributed by atoms with Gasteiger partial charge >= 0.3 is 17.8 Å². The van der Waals surface area contributed by atoms with Crippen molar-refractivity contribution >= 4 is 29.4 Å². The molecule has 5 rings (SSSR count). The van der Waals surface area contributed by atoms with Gasteiger partial charge in [-0.25, -0.2) is 15.6 Å². The molecule has 2 saturated carbocycles. The molecule has 2 atom stereocenters. The van der Waals surface area contributed by atoms with Crippen LogP contribution < -0.4 is 10.9 Å². The number of fused-ring (bicyclic) bond motifs is 2. The van der Waals surface area contributed by atoms with E-state index >= 15 is 0 Å². The first-order valence-corrected chi connectivity index (χ1v) is 14.9. The molecule has 212 valence electrons. The van der Waals surface area contributed by atoms with Gasteiger partial charge in [0.25, 0.3) is 0 Å². The molecule has 2 unspecified atom stereocenters. The molecule has 4 aliphatic rings. The molecular weight excluding hydrogens is 496 g/mol. The first-order valence-electron chi connectivity index (χ1n) is 14.9. The Hall–Kier alpha value is -2.94. The van der Waals surface area contributed by atoms with Gasteiger partial charge in [-0.3, -0.25) is 19.3 Å². The second kappa shape index (κ2) is 12.5. The van der Waals surface area contributed by atoms with E-state index in [1.54, 1.807) is 18.2 Å². The summed E-state index contributed by atoms with van der Waals surface area (Å²) in [4.78, 5) is 57.3. The maximum Gasteiger partial charge on any atom is 0.331 e. The summed E-state index contributed by atoms with van der Waals surface area (Å²) in [6.07, 6.45) is 12.6. The lowest BCUT2D eigenvalue weighted by Gasteiger charge is -2.40. The van der Waals surface area contributed by atoms with Crippen molar-refractivity contribution in [3.8, 4) is 0 Å². The number of hydrazine groups is 1. The van der Waals surface area contributed by atoms with Crippen LogP contribution in [0.15, 0.2) is 24.3 Å². The fraction of sp³-hybridized carbons (Fsp3) is 0.667. The predicted molar refractivity (Wildman–Crippen MR) is 146 cm³/mol. The van der Waals surface area contributed by atoms with E-state index < -0.39 is 30.1 Å². The van der Waals surface area contributed by atoms with E-state index in [9.17, 15) is 19.2 Å². The van der Waals surface area contributed by atoms with Crippen LogP contribution in [0.3, 0.4) is 0 Å². The quantitative estimate of drug-likeness (QED) is 0.264. The molecule has 2 aliphatic heterocycles. The molecule has 3 amide bonds. The summed E-state index contributed by atoms with van der Waals surface area (Å²) in [6, 6.07) is 6.15. The minimum absolute atomic E-state index is 0.00168. The van der Waals surface area contributed by atoms with Crippen molar-refractivity contribution in [3.05, 3.63) is 29.8 Å². The number of rotatable bonds is 5. The molecule has 2 aliphatic carbocycles. The zero-order valence-corrected chi connectivity index (χ0v) is 22.9. The van der Waals surface area contributed by atoms with Crippen LogP contribution in [0.5, 0.6) is 0 Å². The second-order valence-corrected chi connectivity index (χ2v) is 11.7. The van der Waals surface area contributed by atoms with E-state index in [2.05, 4.69) is 0 Å². The van der Waals surface area contributed by atoms with Crippen molar-refractivity contribution < 1.29 is 23.9 Å². The number of carbonyl (C=O) groups is 4. The summed E-state index contributed by atoms with van der Waals surface area (Å²) < 4.78 is 5.97. The Balaban J connectivity index is 1.49. The number of anilines is 1. The summed E-state index contributed by atoms with van der Waals surface area (Å²) in [5, 5.41) is 0.885. The van der Waals surface area contributed by atoms with Crippen LogP contribution in [0.25, 0.3) is 0 Å². The lowest BCUT2D eigenvalue weighted by molar-refractivity contribution is -0.172. The molecule has 1 aromatic rings. The Morgan fingerprint density at radius 3 is 2.33 bits per heavy atom. The minimum Gasteiger partial charge on any atom is -0.440 e. The molecule has 0 aromatic heterocycles. The van der Waals surface area contributed by atoms with E-state index in [4.69, 9.17) is 10.6 Å². The van der Waals surface area contributed by atoms with Crippen LogP contribution >= 0.6 is 0 Å². The molecule has 1 saturated heterocycles. The number of hydrogen-bond donors (Lipinski definition) is 1. The molecule has 0 radical (unpaired) electrons. The van der Waals surface area contributed by atoms with Crippen molar-refractivity contribution in [3.63, 3.8) is 0 Å². The molecular formula is C30H42N4O5. The summed E-state index contributed by atoms with van der Waals surface area (Å²) >= 11 is 0. The number of hydrogen-bond acceptors (Lipinski definition) is 6. The number of esters is 1. The van der Waals surface area contributed by atoms with Crippen molar-refractivity contribution in [2.45, 2.75) is 115 Å². The molecule has 1 aromatic carbocycles. The van der Waals surface area contributed by atoms with Gasteiger partial charge in [-0.15, -0.1) is 0 Å². The zero-order chi connectivity index (χ0) is 27.4. The highest BCUT2D eigenvalue weighted by Crippen LogP contribution is 2.33. The lowest BCUT2D eigenvalue weighted by atomic mass is 9.85. The van der Waals surface area contributed by atoms with Crippen LogP contribution in [0, 0.1) is 5.92 Å². The van der Waals surface area contributed by atoms with Gasteiger partial charge in [0.1, 0.15) is 6.04 Å². The van der Waals surface area contributed by atoms with Crippen LogP contribution in [0.4, 0.5) is 5.69 Å². The fourth-order valence-corrected chi connectivity index (χ4v) is 6.98. The first-order chi connectivity index (χ1) is 18.9. The summed E-state index contributed by atoms with van der Waals surface area (Å²) in [7, 11) is 0. The highest BCUT2D eigenvalue weighted by Gasteiger charge is 2.43. The molecule has 39 heavy (non-hydrogen) atoms. The Morgan fingerprint density at radius 2 is 1.59 bits per heavy atom. The first kappa shape index (κ1) is 27.6. The van der Waals surface area contributed by atoms with Gasteiger partial charge in [-0.1, -0.05) is 69.6 Å². The molecule has 0 spiro atoms. The third kappa shape index (κ3) is 6.13. The average molecular weight is 539 g/mol. The zero-order valence-electron chi connectivity index (χ0n) is 22.9. The number of carbonyl (C=O) groups excluding carboxylic acids is 4. The summed E-state index contributed by atoms with van der Waals surface area (Å²) in [5.74, 6) is 4.63. The van der Waals surface area contributed by atoms with Gasteiger partial charge in [0, 0.05) is 31.8 Å².